The molecular formula is C22H25F2N5O4. The van der Waals surface area contributed by atoms with Crippen molar-refractivity contribution >= 4 is 17.9 Å². The lowest BCUT2D eigenvalue weighted by Crippen LogP contribution is -2.22. The van der Waals surface area contributed by atoms with Crippen LogP contribution in [0.15, 0.2) is 12.1 Å². The quantitative estimate of drug-likeness (QED) is 0.574. The molecule has 2 aromatic rings. The monoisotopic (exact) mass is 461 g/mol. The van der Waals surface area contributed by atoms with Crippen LogP contribution in [0.2, 0.25) is 0 Å². The van der Waals surface area contributed by atoms with Gasteiger partial charge in [0, 0.05) is 24.4 Å². The number of nitrogens with one attached hydrogen (secondary N) is 1. The number of rotatable bonds is 8. The molecule has 11 heteroatoms. The fraction of sp³-hybridized carbons (Fsp3) is 0.500. The van der Waals surface area contributed by atoms with E-state index in [1.165, 1.54) is 11.6 Å². The van der Waals surface area contributed by atoms with Gasteiger partial charge < -0.3 is 9.84 Å². The van der Waals surface area contributed by atoms with Crippen molar-refractivity contribution in [1.82, 2.24) is 20.0 Å². The summed E-state index contributed by atoms with van der Waals surface area (Å²) in [4.78, 5) is 27.7. The van der Waals surface area contributed by atoms with E-state index in [9.17, 15) is 18.4 Å². The smallest absolute Gasteiger partial charge is 0.413 e. The van der Waals surface area contributed by atoms with Crippen LogP contribution in [0.3, 0.4) is 0 Å². The Balaban J connectivity index is 1.73. The highest BCUT2D eigenvalue weighted by molar-refractivity contribution is 5.88. The van der Waals surface area contributed by atoms with E-state index in [1.54, 1.807) is 26.1 Å². The molecule has 176 valence electrons. The summed E-state index contributed by atoms with van der Waals surface area (Å²) in [7, 11) is 1.58. The molecule has 9 nitrogen and oxygen atoms in total. The molecule has 1 aliphatic carbocycles. The number of aromatic nitrogens is 4. The Kier molecular flexibility index (Phi) is 7.26. The number of hydrogen-bond donors (Lipinski definition) is 2. The highest BCUT2D eigenvalue weighted by Gasteiger charge is 2.43. The van der Waals surface area contributed by atoms with Crippen LogP contribution in [-0.2, 0) is 16.6 Å². The molecule has 1 atom stereocenters. The molecule has 1 unspecified atom stereocenters. The number of hydrogen-bond acceptors (Lipinski definition) is 6. The maximum Gasteiger partial charge on any atom is 0.413 e. The molecule has 1 saturated carbocycles. The summed E-state index contributed by atoms with van der Waals surface area (Å²) in [5.74, 6) is 5.48. The molecule has 1 aliphatic rings. The molecule has 0 spiro atoms. The van der Waals surface area contributed by atoms with Gasteiger partial charge in [-0.25, -0.2) is 23.2 Å². The first kappa shape index (κ1) is 24.1. The second-order valence-corrected chi connectivity index (χ2v) is 8.15. The average molecular weight is 461 g/mol. The Morgan fingerprint density at radius 1 is 1.33 bits per heavy atom. The van der Waals surface area contributed by atoms with Crippen LogP contribution in [0.5, 0.6) is 0 Å². The Morgan fingerprint density at radius 3 is 2.67 bits per heavy atom. The van der Waals surface area contributed by atoms with Gasteiger partial charge in [-0.2, -0.15) is 0 Å². The number of alkyl halides is 2. The molecule has 0 aliphatic heterocycles. The molecule has 2 heterocycles. The maximum absolute atomic E-state index is 12.3. The number of nitrogens with zero attached hydrogens (tertiary/aromatic N) is 4. The topological polar surface area (TPSA) is 119 Å². The zero-order chi connectivity index (χ0) is 24.2. The van der Waals surface area contributed by atoms with Gasteiger partial charge in [0.05, 0.1) is 17.8 Å². The lowest BCUT2D eigenvalue weighted by Gasteiger charge is -2.14. The third-order valence-electron chi connectivity index (χ3n) is 5.28. The number of aliphatic carboxylic acids is 1. The highest BCUT2D eigenvalue weighted by Crippen LogP contribution is 2.48. The predicted molar refractivity (Wildman–Crippen MR) is 115 cm³/mol. The highest BCUT2D eigenvalue weighted by atomic mass is 19.3. The van der Waals surface area contributed by atoms with E-state index in [0.717, 1.165) is 12.8 Å². The van der Waals surface area contributed by atoms with Crippen LogP contribution in [0.4, 0.5) is 19.4 Å². The summed E-state index contributed by atoms with van der Waals surface area (Å²) in [6, 6.07) is 3.43. The van der Waals surface area contributed by atoms with Gasteiger partial charge >= 0.3 is 12.1 Å². The van der Waals surface area contributed by atoms with Crippen molar-refractivity contribution in [2.75, 3.05) is 5.32 Å². The van der Waals surface area contributed by atoms with Gasteiger partial charge in [-0.15, -0.1) is 5.10 Å². The van der Waals surface area contributed by atoms with Crippen molar-refractivity contribution in [1.29, 1.82) is 0 Å². The van der Waals surface area contributed by atoms with E-state index >= 15 is 0 Å². The Bertz CT molecular complexity index is 1100. The summed E-state index contributed by atoms with van der Waals surface area (Å²) in [6.07, 6.45) is -2.71. The van der Waals surface area contributed by atoms with Crippen molar-refractivity contribution in [3.8, 4) is 23.2 Å². The molecule has 2 N–H and O–H groups in total. The lowest BCUT2D eigenvalue weighted by atomic mass is 10.0. The van der Waals surface area contributed by atoms with Crippen molar-refractivity contribution in [3.05, 3.63) is 23.4 Å². The first-order valence-electron chi connectivity index (χ1n) is 10.5. The van der Waals surface area contributed by atoms with E-state index in [0.29, 0.717) is 22.6 Å². The van der Waals surface area contributed by atoms with Gasteiger partial charge in [-0.1, -0.05) is 17.1 Å². The minimum Gasteiger partial charge on any atom is -0.481 e. The fourth-order valence-electron chi connectivity index (χ4n) is 3.21. The first-order valence-corrected chi connectivity index (χ1v) is 10.5. The van der Waals surface area contributed by atoms with Crippen LogP contribution in [0.25, 0.3) is 11.4 Å². The van der Waals surface area contributed by atoms with Crippen LogP contribution < -0.4 is 5.32 Å². The van der Waals surface area contributed by atoms with Crippen LogP contribution in [-0.4, -0.2) is 49.7 Å². The molecule has 3 rings (SSSR count). The van der Waals surface area contributed by atoms with Crippen molar-refractivity contribution in [2.45, 2.75) is 58.5 Å². The fourth-order valence-corrected chi connectivity index (χ4v) is 3.21. The number of amides is 1. The molecule has 2 aromatic heterocycles. The van der Waals surface area contributed by atoms with E-state index in [1.807, 2.05) is 0 Å². The molecule has 0 bridgehead atoms. The van der Waals surface area contributed by atoms with Crippen LogP contribution in [0.1, 0.15) is 50.3 Å². The molecule has 1 amide bonds. The third-order valence-corrected chi connectivity index (χ3v) is 5.28. The van der Waals surface area contributed by atoms with E-state index in [2.05, 4.69) is 32.5 Å². The van der Waals surface area contributed by atoms with Gasteiger partial charge in [0.2, 0.25) is 6.43 Å². The summed E-state index contributed by atoms with van der Waals surface area (Å²) in [5, 5.41) is 19.5. The molecule has 33 heavy (non-hydrogen) atoms. The SMILES string of the molecule is Cc1nc(-c2nnn(C)c2NC(=O)OC(C)CCC(F)F)ccc1C#CC1(CC(=O)O)CC1. The number of ether oxygens (including phenoxy) is 1. The normalized spacial score (nSPS) is 14.8. The van der Waals surface area contributed by atoms with Gasteiger partial charge in [0.15, 0.2) is 11.5 Å². The first-order chi connectivity index (χ1) is 15.6. The number of carbonyl (C=O) groups excluding carboxylic acids is 1. The third kappa shape index (κ3) is 6.47. The Morgan fingerprint density at radius 2 is 2.06 bits per heavy atom. The zero-order valence-corrected chi connectivity index (χ0v) is 18.6. The Labute approximate surface area is 189 Å². The van der Waals surface area contributed by atoms with Gasteiger partial charge in [-0.05, 0) is 45.2 Å². The Hall–Kier alpha value is -3.55. The number of pyridine rings is 1. The second kappa shape index (κ2) is 9.94. The number of carboxylic acids is 1. The number of anilines is 1. The molecular weight excluding hydrogens is 436 g/mol. The molecule has 0 saturated heterocycles. The van der Waals surface area contributed by atoms with Gasteiger partial charge in [0.1, 0.15) is 6.10 Å². The van der Waals surface area contributed by atoms with Gasteiger partial charge in [0.25, 0.3) is 0 Å². The second-order valence-electron chi connectivity index (χ2n) is 8.15. The van der Waals surface area contributed by atoms with E-state index in [-0.39, 0.29) is 25.1 Å². The molecule has 1 fully saturated rings. The van der Waals surface area contributed by atoms with Crippen molar-refractivity contribution in [3.63, 3.8) is 0 Å². The molecule has 0 aromatic carbocycles. The number of aryl methyl sites for hydroxylation is 2. The predicted octanol–water partition coefficient (Wildman–Crippen LogP) is 3.77. The summed E-state index contributed by atoms with van der Waals surface area (Å²) >= 11 is 0. The molecule has 0 radical (unpaired) electrons. The number of carboxylic acid groups (broad SMARTS) is 1. The standard InChI is InChI=1S/C22H25F2N5O4/c1-13(4-7-17(23)24)33-21(32)26-20-19(27-28-29(20)3)16-6-5-15(14(2)25-16)8-9-22(10-11-22)12-18(30)31/h5-6,13,17H,4,7,10-12H2,1-3H3,(H,26,32)(H,30,31). The minimum atomic E-state index is -2.46. The lowest BCUT2D eigenvalue weighted by molar-refractivity contribution is -0.137. The van der Waals surface area contributed by atoms with Gasteiger partial charge in [-0.3, -0.25) is 10.1 Å². The maximum atomic E-state index is 12.3. The number of halogens is 2. The van der Waals surface area contributed by atoms with Crippen molar-refractivity contribution in [2.24, 2.45) is 12.5 Å². The average Bonchev–Trinajstić information content (AvgIpc) is 3.39. The van der Waals surface area contributed by atoms with Crippen LogP contribution in [0, 0.1) is 24.2 Å². The van der Waals surface area contributed by atoms with E-state index < -0.39 is 30.0 Å². The minimum absolute atomic E-state index is 0.0239. The summed E-state index contributed by atoms with van der Waals surface area (Å²) < 4.78 is 31.1. The number of carbonyl (C=O) groups is 2. The zero-order valence-electron chi connectivity index (χ0n) is 18.6. The summed E-state index contributed by atoms with van der Waals surface area (Å²) in [5.41, 5.74) is 1.58. The summed E-state index contributed by atoms with van der Waals surface area (Å²) in [6.45, 7) is 3.31. The van der Waals surface area contributed by atoms with Crippen LogP contribution >= 0.6 is 0 Å². The van der Waals surface area contributed by atoms with E-state index in [4.69, 9.17) is 9.84 Å². The largest absolute Gasteiger partial charge is 0.481 e. The van der Waals surface area contributed by atoms with Crippen molar-refractivity contribution < 1.29 is 28.2 Å².